The first-order valence-electron chi connectivity index (χ1n) is 7.94. The zero-order valence-corrected chi connectivity index (χ0v) is 14.0. The van der Waals surface area contributed by atoms with Crippen molar-refractivity contribution in [3.8, 4) is 11.4 Å². The average molecular weight is 341 g/mol. The third kappa shape index (κ3) is 2.41. The second kappa shape index (κ2) is 5.51. The van der Waals surface area contributed by atoms with E-state index < -0.39 is 5.97 Å². The van der Waals surface area contributed by atoms with Gasteiger partial charge in [0.05, 0.1) is 34.6 Å². The van der Waals surface area contributed by atoms with Gasteiger partial charge in [0.2, 0.25) is 0 Å². The predicted molar refractivity (Wildman–Crippen MR) is 86.5 cm³/mol. The van der Waals surface area contributed by atoms with Gasteiger partial charge in [0.15, 0.2) is 5.69 Å². The van der Waals surface area contributed by atoms with Crippen molar-refractivity contribution in [1.82, 2.24) is 24.5 Å². The summed E-state index contributed by atoms with van der Waals surface area (Å²) in [6.07, 6.45) is 1.70. The lowest BCUT2D eigenvalue weighted by Gasteiger charge is -2.10. The van der Waals surface area contributed by atoms with E-state index in [2.05, 4.69) is 15.3 Å². The van der Waals surface area contributed by atoms with Crippen LogP contribution < -0.4 is 0 Å². The van der Waals surface area contributed by atoms with Crippen LogP contribution in [0.5, 0.6) is 0 Å². The lowest BCUT2D eigenvalue weighted by molar-refractivity contribution is 0.0370. The Balaban J connectivity index is 1.96. The molecule has 0 saturated carbocycles. The van der Waals surface area contributed by atoms with Crippen LogP contribution in [0.2, 0.25) is 0 Å². The molecule has 3 aromatic rings. The summed E-state index contributed by atoms with van der Waals surface area (Å²) in [5.41, 5.74) is 3.64. The summed E-state index contributed by atoms with van der Waals surface area (Å²) in [6.45, 7) is 5.40. The molecule has 4 rings (SSSR count). The highest BCUT2D eigenvalue weighted by molar-refractivity contribution is 5.89. The van der Waals surface area contributed by atoms with Crippen LogP contribution in [-0.2, 0) is 11.2 Å². The van der Waals surface area contributed by atoms with Gasteiger partial charge in [-0.1, -0.05) is 5.21 Å². The zero-order valence-electron chi connectivity index (χ0n) is 14.0. The molecule has 0 saturated heterocycles. The zero-order chi connectivity index (χ0) is 17.7. The smallest absolute Gasteiger partial charge is 0.359 e. The van der Waals surface area contributed by atoms with Crippen LogP contribution in [0.25, 0.3) is 11.4 Å². The first-order valence-corrected chi connectivity index (χ1v) is 7.94. The Hall–Kier alpha value is -3.03. The average Bonchev–Trinajstić information content (AvgIpc) is 3.09. The Kier molecular flexibility index (Phi) is 3.41. The van der Waals surface area contributed by atoms with Gasteiger partial charge in [-0.05, 0) is 32.9 Å². The topological polar surface area (TPSA) is 74.8 Å². The van der Waals surface area contributed by atoms with Crippen LogP contribution in [0, 0.1) is 12.7 Å². The van der Waals surface area contributed by atoms with Crippen LogP contribution in [0.4, 0.5) is 4.39 Å². The van der Waals surface area contributed by atoms with E-state index in [0.29, 0.717) is 29.2 Å². The van der Waals surface area contributed by atoms with Gasteiger partial charge in [-0.2, -0.15) is 0 Å². The molecule has 7 nitrogen and oxygen atoms in total. The minimum Gasteiger partial charge on any atom is -0.458 e. The summed E-state index contributed by atoms with van der Waals surface area (Å²) < 4.78 is 22.5. The largest absolute Gasteiger partial charge is 0.458 e. The van der Waals surface area contributed by atoms with Crippen molar-refractivity contribution < 1.29 is 13.9 Å². The number of hydrogen-bond acceptors (Lipinski definition) is 5. The Bertz CT molecular complexity index is 989. The van der Waals surface area contributed by atoms with Crippen molar-refractivity contribution in [2.75, 3.05) is 0 Å². The summed E-state index contributed by atoms with van der Waals surface area (Å²) >= 11 is 0. The molecule has 0 unspecified atom stereocenters. The molecule has 0 spiro atoms. The number of ether oxygens (including phenoxy) is 1. The summed E-state index contributed by atoms with van der Waals surface area (Å²) in [7, 11) is 0. The van der Waals surface area contributed by atoms with Crippen molar-refractivity contribution in [3.63, 3.8) is 0 Å². The molecule has 0 fully saturated rings. The van der Waals surface area contributed by atoms with Crippen molar-refractivity contribution in [2.24, 2.45) is 0 Å². The van der Waals surface area contributed by atoms with Gasteiger partial charge in [-0.15, -0.1) is 5.10 Å². The van der Waals surface area contributed by atoms with Crippen LogP contribution in [-0.4, -0.2) is 36.6 Å². The Morgan fingerprint density at radius 2 is 2.08 bits per heavy atom. The van der Waals surface area contributed by atoms with Gasteiger partial charge in [-0.25, -0.2) is 18.9 Å². The van der Waals surface area contributed by atoms with E-state index in [9.17, 15) is 9.18 Å². The maximum absolute atomic E-state index is 13.8. The van der Waals surface area contributed by atoms with Gasteiger partial charge < -0.3 is 4.74 Å². The molecule has 0 N–H and O–H groups in total. The summed E-state index contributed by atoms with van der Waals surface area (Å²) in [4.78, 5) is 16.7. The van der Waals surface area contributed by atoms with E-state index in [1.54, 1.807) is 35.5 Å². The normalized spacial score (nSPS) is 12.4. The summed E-state index contributed by atoms with van der Waals surface area (Å²) in [5, 5.41) is 8.23. The van der Waals surface area contributed by atoms with E-state index in [-0.39, 0.29) is 17.6 Å². The first kappa shape index (κ1) is 15.5. The van der Waals surface area contributed by atoms with Crippen molar-refractivity contribution in [1.29, 1.82) is 0 Å². The van der Waals surface area contributed by atoms with E-state index in [0.717, 1.165) is 5.69 Å². The molecule has 128 valence electrons. The van der Waals surface area contributed by atoms with E-state index >= 15 is 0 Å². The van der Waals surface area contributed by atoms with Gasteiger partial charge in [0, 0.05) is 12.5 Å². The fraction of sp³-hybridized carbons (Fsp3) is 0.294. The first-order chi connectivity index (χ1) is 12.0. The van der Waals surface area contributed by atoms with Crippen molar-refractivity contribution >= 4 is 5.97 Å². The standard InChI is InChI=1S/C17H16FN5O2/c1-9(2)25-17(24)16-15-7-13-10(3)20-21-23(13)14-6-11(18)4-5-12(14)22(15)8-19-16/h4-6,8-9H,7H2,1-3H3. The minimum absolute atomic E-state index is 0.244. The number of rotatable bonds is 2. The molecule has 1 aliphatic heterocycles. The van der Waals surface area contributed by atoms with Crippen LogP contribution >= 0.6 is 0 Å². The third-order valence-electron chi connectivity index (χ3n) is 4.12. The second-order valence-corrected chi connectivity index (χ2v) is 6.21. The van der Waals surface area contributed by atoms with Crippen molar-refractivity contribution in [3.05, 3.63) is 53.1 Å². The molecule has 0 radical (unpaired) electrons. The molecule has 3 heterocycles. The van der Waals surface area contributed by atoms with Crippen LogP contribution in [0.1, 0.15) is 41.4 Å². The molecule has 2 aromatic heterocycles. The number of esters is 1. The lowest BCUT2D eigenvalue weighted by Crippen LogP contribution is -2.15. The highest BCUT2D eigenvalue weighted by Crippen LogP contribution is 2.30. The summed E-state index contributed by atoms with van der Waals surface area (Å²) in [5.74, 6) is -0.855. The number of carbonyl (C=O) groups is 1. The Morgan fingerprint density at radius 3 is 2.84 bits per heavy atom. The predicted octanol–water partition coefficient (Wildman–Crippen LogP) is 2.37. The van der Waals surface area contributed by atoms with E-state index in [1.165, 1.54) is 12.1 Å². The number of aromatic nitrogens is 5. The second-order valence-electron chi connectivity index (χ2n) is 6.21. The molecular weight excluding hydrogens is 325 g/mol. The number of carbonyl (C=O) groups excluding carboxylic acids is 1. The lowest BCUT2D eigenvalue weighted by atomic mass is 10.1. The van der Waals surface area contributed by atoms with Crippen molar-refractivity contribution in [2.45, 2.75) is 33.3 Å². The summed E-state index contributed by atoms with van der Waals surface area (Å²) in [6, 6.07) is 4.40. The van der Waals surface area contributed by atoms with Gasteiger partial charge in [0.25, 0.3) is 0 Å². The number of aryl methyl sites for hydroxylation is 1. The number of hydrogen-bond donors (Lipinski definition) is 0. The third-order valence-corrected chi connectivity index (χ3v) is 4.12. The molecular formula is C17H16FN5O2. The Labute approximate surface area is 143 Å². The molecule has 0 atom stereocenters. The molecule has 8 heteroatoms. The van der Waals surface area contributed by atoms with E-state index in [1.807, 2.05) is 6.92 Å². The van der Waals surface area contributed by atoms with Gasteiger partial charge in [-0.3, -0.25) is 4.57 Å². The molecule has 25 heavy (non-hydrogen) atoms. The fourth-order valence-corrected chi connectivity index (χ4v) is 2.99. The number of nitrogens with zero attached hydrogens (tertiary/aromatic N) is 5. The highest BCUT2D eigenvalue weighted by Gasteiger charge is 2.28. The molecule has 0 aliphatic carbocycles. The number of imidazole rings is 1. The van der Waals surface area contributed by atoms with E-state index in [4.69, 9.17) is 4.74 Å². The maximum atomic E-state index is 13.8. The Morgan fingerprint density at radius 1 is 1.28 bits per heavy atom. The molecule has 1 aromatic carbocycles. The fourth-order valence-electron chi connectivity index (χ4n) is 2.99. The van der Waals surface area contributed by atoms with Gasteiger partial charge in [0.1, 0.15) is 12.1 Å². The maximum Gasteiger partial charge on any atom is 0.359 e. The highest BCUT2D eigenvalue weighted by atomic mass is 19.1. The number of benzene rings is 1. The molecule has 0 bridgehead atoms. The number of fused-ring (bicyclic) bond motifs is 5. The van der Waals surface area contributed by atoms with Crippen LogP contribution in [0.15, 0.2) is 24.5 Å². The monoisotopic (exact) mass is 341 g/mol. The van der Waals surface area contributed by atoms with Crippen LogP contribution in [0.3, 0.4) is 0 Å². The SMILES string of the molecule is Cc1nnn2c1Cc1c(C(=O)OC(C)C)ncn1-c1ccc(F)cc1-2. The minimum atomic E-state index is -0.481. The van der Waals surface area contributed by atoms with Gasteiger partial charge >= 0.3 is 5.97 Å². The quantitative estimate of drug-likeness (QED) is 0.523. The molecule has 0 amide bonds. The number of halogens is 1. The molecule has 1 aliphatic rings.